The van der Waals surface area contributed by atoms with E-state index in [0.29, 0.717) is 17.4 Å². The van der Waals surface area contributed by atoms with E-state index in [9.17, 15) is 9.90 Å². The maximum atomic E-state index is 11.3. The summed E-state index contributed by atoms with van der Waals surface area (Å²) in [5, 5.41) is 9.79. The second kappa shape index (κ2) is 8.98. The lowest BCUT2D eigenvalue weighted by atomic mass is 9.89. The SMILES string of the molecule is CCC(c1ccnc(CCC2CCN(c3cc(O)ccc3C=O)CC2)c1)C1CC1. The Bertz CT molecular complexity index is 838. The predicted molar refractivity (Wildman–Crippen MR) is 117 cm³/mol. The van der Waals surface area contributed by atoms with Crippen LogP contribution in [0.15, 0.2) is 36.5 Å². The maximum Gasteiger partial charge on any atom is 0.152 e. The molecule has 4 rings (SSSR count). The number of hydrogen-bond acceptors (Lipinski definition) is 4. The van der Waals surface area contributed by atoms with Crippen molar-refractivity contribution in [3.8, 4) is 5.75 Å². The number of pyridine rings is 1. The van der Waals surface area contributed by atoms with Crippen molar-refractivity contribution in [2.45, 2.75) is 57.8 Å². The normalized spacial score (nSPS) is 18.6. The van der Waals surface area contributed by atoms with Crippen LogP contribution in [0.5, 0.6) is 5.75 Å². The molecule has 0 spiro atoms. The lowest BCUT2D eigenvalue weighted by Crippen LogP contribution is -2.34. The number of carbonyl (C=O) groups is 1. The Morgan fingerprint density at radius 3 is 2.66 bits per heavy atom. The summed E-state index contributed by atoms with van der Waals surface area (Å²) in [6, 6.07) is 9.56. The second-order valence-corrected chi connectivity index (χ2v) is 8.76. The summed E-state index contributed by atoms with van der Waals surface area (Å²) >= 11 is 0. The van der Waals surface area contributed by atoms with Crippen LogP contribution in [0.3, 0.4) is 0 Å². The summed E-state index contributed by atoms with van der Waals surface area (Å²) in [5.74, 6) is 2.52. The number of phenols is 1. The van der Waals surface area contributed by atoms with Gasteiger partial charge >= 0.3 is 0 Å². The van der Waals surface area contributed by atoms with Crippen LogP contribution in [0, 0.1) is 11.8 Å². The highest BCUT2D eigenvalue weighted by Crippen LogP contribution is 2.44. The lowest BCUT2D eigenvalue weighted by molar-refractivity contribution is 0.112. The van der Waals surface area contributed by atoms with Crippen molar-refractivity contribution in [2.75, 3.05) is 18.0 Å². The molecule has 2 heterocycles. The van der Waals surface area contributed by atoms with Crippen molar-refractivity contribution >= 4 is 12.0 Å². The average molecular weight is 393 g/mol. The molecule has 1 aromatic carbocycles. The van der Waals surface area contributed by atoms with Crippen LogP contribution < -0.4 is 4.90 Å². The first-order valence-electron chi connectivity index (χ1n) is 11.2. The largest absolute Gasteiger partial charge is 0.508 e. The number of aromatic nitrogens is 1. The van der Waals surface area contributed by atoms with E-state index in [4.69, 9.17) is 0 Å². The number of aldehydes is 1. The number of anilines is 1. The molecule has 1 atom stereocenters. The molecule has 1 aliphatic carbocycles. The van der Waals surface area contributed by atoms with Gasteiger partial charge in [-0.2, -0.15) is 0 Å². The van der Waals surface area contributed by atoms with Crippen molar-refractivity contribution in [1.29, 1.82) is 0 Å². The second-order valence-electron chi connectivity index (χ2n) is 8.76. The van der Waals surface area contributed by atoms with Gasteiger partial charge in [-0.15, -0.1) is 0 Å². The van der Waals surface area contributed by atoms with Crippen molar-refractivity contribution in [3.05, 3.63) is 53.3 Å². The number of phenolic OH excluding ortho intramolecular Hbond substituents is 1. The van der Waals surface area contributed by atoms with E-state index in [1.807, 2.05) is 6.20 Å². The van der Waals surface area contributed by atoms with Gasteiger partial charge in [0, 0.05) is 36.6 Å². The van der Waals surface area contributed by atoms with E-state index < -0.39 is 0 Å². The third-order valence-electron chi connectivity index (χ3n) is 6.80. The Labute approximate surface area is 174 Å². The number of nitrogens with zero attached hydrogens (tertiary/aromatic N) is 2. The molecular formula is C25H32N2O2. The number of piperidine rings is 1. The Hall–Kier alpha value is -2.36. The minimum absolute atomic E-state index is 0.218. The van der Waals surface area contributed by atoms with Gasteiger partial charge < -0.3 is 10.0 Å². The summed E-state index contributed by atoms with van der Waals surface area (Å²) in [6.45, 7) is 4.17. The van der Waals surface area contributed by atoms with Crippen LogP contribution in [-0.2, 0) is 6.42 Å². The molecule has 1 saturated heterocycles. The van der Waals surface area contributed by atoms with Gasteiger partial charge in [-0.3, -0.25) is 9.78 Å². The van der Waals surface area contributed by atoms with Crippen LogP contribution in [0.25, 0.3) is 0 Å². The molecular weight excluding hydrogens is 360 g/mol. The van der Waals surface area contributed by atoms with Crippen molar-refractivity contribution in [2.24, 2.45) is 11.8 Å². The summed E-state index contributed by atoms with van der Waals surface area (Å²) in [4.78, 5) is 18.2. The van der Waals surface area contributed by atoms with Crippen LogP contribution in [0.4, 0.5) is 5.69 Å². The topological polar surface area (TPSA) is 53.4 Å². The van der Waals surface area contributed by atoms with Gasteiger partial charge in [0.15, 0.2) is 6.29 Å². The lowest BCUT2D eigenvalue weighted by Gasteiger charge is -2.34. The molecule has 154 valence electrons. The van der Waals surface area contributed by atoms with E-state index >= 15 is 0 Å². The zero-order valence-corrected chi connectivity index (χ0v) is 17.4. The fraction of sp³-hybridized carbons (Fsp3) is 0.520. The first-order chi connectivity index (χ1) is 14.2. The zero-order valence-electron chi connectivity index (χ0n) is 17.4. The molecule has 29 heavy (non-hydrogen) atoms. The third-order valence-corrected chi connectivity index (χ3v) is 6.80. The molecule has 4 nitrogen and oxygen atoms in total. The highest BCUT2D eigenvalue weighted by Gasteiger charge is 2.31. The van der Waals surface area contributed by atoms with Crippen LogP contribution >= 0.6 is 0 Å². The average Bonchev–Trinajstić information content (AvgIpc) is 3.59. The maximum absolute atomic E-state index is 11.3. The zero-order chi connectivity index (χ0) is 20.2. The molecule has 1 N–H and O–H groups in total. The monoisotopic (exact) mass is 392 g/mol. The smallest absolute Gasteiger partial charge is 0.152 e. The Balaban J connectivity index is 1.32. The number of benzene rings is 1. The first-order valence-corrected chi connectivity index (χ1v) is 11.2. The quantitative estimate of drug-likeness (QED) is 0.615. The van der Waals surface area contributed by atoms with Crippen molar-refractivity contribution in [1.82, 2.24) is 4.98 Å². The molecule has 0 radical (unpaired) electrons. The molecule has 1 saturated carbocycles. The molecule has 2 fully saturated rings. The molecule has 4 heteroatoms. The Morgan fingerprint density at radius 2 is 1.97 bits per heavy atom. The minimum Gasteiger partial charge on any atom is -0.508 e. The van der Waals surface area contributed by atoms with Crippen LogP contribution in [0.2, 0.25) is 0 Å². The van der Waals surface area contributed by atoms with E-state index in [1.54, 1.807) is 18.2 Å². The van der Waals surface area contributed by atoms with Gasteiger partial charge in [-0.05, 0) is 92.5 Å². The van der Waals surface area contributed by atoms with Gasteiger partial charge in [-0.25, -0.2) is 0 Å². The van der Waals surface area contributed by atoms with Crippen LogP contribution in [-0.4, -0.2) is 29.5 Å². The fourth-order valence-corrected chi connectivity index (χ4v) is 4.92. The van der Waals surface area contributed by atoms with Gasteiger partial charge in [0.25, 0.3) is 0 Å². The van der Waals surface area contributed by atoms with Gasteiger partial charge in [0.1, 0.15) is 5.75 Å². The molecule has 2 aliphatic rings. The number of aryl methyl sites for hydroxylation is 1. The standard InChI is InChI=1S/C25H32N2O2/c1-2-24(19-4-5-19)20-9-12-26-22(15-20)7-3-18-10-13-27(14-11-18)25-16-23(29)8-6-21(25)17-28/h6,8-9,12,15-19,24,29H,2-5,7,10-11,13-14H2,1H3. The van der Waals surface area contributed by atoms with Crippen molar-refractivity contribution in [3.63, 3.8) is 0 Å². The van der Waals surface area contributed by atoms with Gasteiger partial charge in [0.05, 0.1) is 5.69 Å². The highest BCUT2D eigenvalue weighted by atomic mass is 16.3. The summed E-state index contributed by atoms with van der Waals surface area (Å²) in [6.07, 6.45) is 11.3. The van der Waals surface area contributed by atoms with E-state index in [2.05, 4.69) is 28.9 Å². The Kier molecular flexibility index (Phi) is 6.17. The summed E-state index contributed by atoms with van der Waals surface area (Å²) in [5.41, 5.74) is 4.24. The van der Waals surface area contributed by atoms with Gasteiger partial charge in [0.2, 0.25) is 0 Å². The fourth-order valence-electron chi connectivity index (χ4n) is 4.92. The number of hydrogen-bond donors (Lipinski definition) is 1. The number of rotatable bonds is 8. The number of aromatic hydroxyl groups is 1. The first kappa shape index (κ1) is 19.9. The third kappa shape index (κ3) is 4.80. The van der Waals surface area contributed by atoms with Gasteiger partial charge in [-0.1, -0.05) is 6.92 Å². The highest BCUT2D eigenvalue weighted by molar-refractivity contribution is 5.85. The molecule has 1 aliphatic heterocycles. The molecule has 1 unspecified atom stereocenters. The predicted octanol–water partition coefficient (Wildman–Crippen LogP) is 5.35. The Morgan fingerprint density at radius 1 is 1.17 bits per heavy atom. The minimum atomic E-state index is 0.218. The molecule has 2 aromatic rings. The number of carbonyl (C=O) groups excluding carboxylic acids is 1. The van der Waals surface area contributed by atoms with Crippen molar-refractivity contribution < 1.29 is 9.90 Å². The molecule has 1 aromatic heterocycles. The summed E-state index contributed by atoms with van der Waals surface area (Å²) < 4.78 is 0. The van der Waals surface area contributed by atoms with E-state index in [-0.39, 0.29) is 5.75 Å². The summed E-state index contributed by atoms with van der Waals surface area (Å²) in [7, 11) is 0. The van der Waals surface area contributed by atoms with E-state index in [1.165, 1.54) is 36.9 Å². The molecule has 0 bridgehead atoms. The molecule has 0 amide bonds. The van der Waals surface area contributed by atoms with Crippen LogP contribution in [0.1, 0.15) is 73.0 Å². The van der Waals surface area contributed by atoms with E-state index in [0.717, 1.165) is 50.2 Å².